The van der Waals surface area contributed by atoms with Crippen molar-refractivity contribution in [2.24, 2.45) is 0 Å². The Labute approximate surface area is 77.9 Å². The van der Waals surface area contributed by atoms with Crippen LogP contribution >= 0.6 is 23.4 Å². The Morgan fingerprint density at radius 2 is 2.00 bits per heavy atom. The first kappa shape index (κ1) is 11.3. The molecule has 0 amide bonds. The van der Waals surface area contributed by atoms with Gasteiger partial charge in [-0.15, -0.1) is 11.8 Å². The summed E-state index contributed by atoms with van der Waals surface area (Å²) in [6, 6.07) is 0. The summed E-state index contributed by atoms with van der Waals surface area (Å²) in [6.45, 7) is 5.81. The van der Waals surface area contributed by atoms with Gasteiger partial charge in [-0.2, -0.15) is 0 Å². The number of ketones is 1. The van der Waals surface area contributed by atoms with Crippen molar-refractivity contribution >= 4 is 29.1 Å². The van der Waals surface area contributed by atoms with Crippen LogP contribution in [0.15, 0.2) is 0 Å². The van der Waals surface area contributed by atoms with Gasteiger partial charge in [0.25, 0.3) is 0 Å². The first-order valence-corrected chi connectivity index (χ1v) is 5.33. The van der Waals surface area contributed by atoms with Gasteiger partial charge in [0.05, 0.1) is 0 Å². The van der Waals surface area contributed by atoms with E-state index in [2.05, 4.69) is 0 Å². The van der Waals surface area contributed by atoms with Crippen LogP contribution in [0.5, 0.6) is 0 Å². The van der Waals surface area contributed by atoms with Crippen LogP contribution in [-0.2, 0) is 4.79 Å². The van der Waals surface area contributed by atoms with Crippen LogP contribution in [0.2, 0.25) is 0 Å². The number of alkyl halides is 1. The molecule has 1 nitrogen and oxygen atoms in total. The van der Waals surface area contributed by atoms with E-state index < -0.39 is 4.21 Å². The zero-order chi connectivity index (χ0) is 8.91. The lowest BCUT2D eigenvalue weighted by molar-refractivity contribution is -0.119. The van der Waals surface area contributed by atoms with Crippen molar-refractivity contribution in [3.05, 3.63) is 0 Å². The number of carbonyl (C=O) groups excluding carboxylic acids is 1. The van der Waals surface area contributed by atoms with Crippen LogP contribution in [0.25, 0.3) is 0 Å². The molecule has 0 aliphatic rings. The van der Waals surface area contributed by atoms with Gasteiger partial charge < -0.3 is 0 Å². The Hall–Kier alpha value is 0.310. The summed E-state index contributed by atoms with van der Waals surface area (Å²) in [5.41, 5.74) is 0. The second kappa shape index (κ2) is 5.04. The highest BCUT2D eigenvalue weighted by atomic mass is 35.5. The first-order valence-electron chi connectivity index (χ1n) is 3.96. The Balaban J connectivity index is 4.19. The average molecular weight is 195 g/mol. The summed E-state index contributed by atoms with van der Waals surface area (Å²) in [7, 11) is 0. The fourth-order valence-electron chi connectivity index (χ4n) is 0.872. The number of carbonyl (C=O) groups is 1. The summed E-state index contributed by atoms with van der Waals surface area (Å²) < 4.78 is -0.649. The molecule has 0 radical (unpaired) electrons. The van der Waals surface area contributed by atoms with Crippen LogP contribution in [0.1, 0.15) is 33.6 Å². The average Bonchev–Trinajstić information content (AvgIpc) is 2.03. The van der Waals surface area contributed by atoms with Gasteiger partial charge in [-0.1, -0.05) is 32.4 Å². The highest BCUT2D eigenvalue weighted by Gasteiger charge is 2.32. The number of halogens is 1. The largest absolute Gasteiger partial charge is 0.297 e. The van der Waals surface area contributed by atoms with Crippen molar-refractivity contribution in [3.8, 4) is 0 Å². The second-order valence-electron chi connectivity index (χ2n) is 2.29. The van der Waals surface area contributed by atoms with E-state index in [-0.39, 0.29) is 5.78 Å². The van der Waals surface area contributed by atoms with Crippen LogP contribution < -0.4 is 0 Å². The van der Waals surface area contributed by atoms with E-state index in [9.17, 15) is 4.79 Å². The molecule has 1 unspecified atom stereocenters. The van der Waals surface area contributed by atoms with Crippen molar-refractivity contribution in [3.63, 3.8) is 0 Å². The minimum atomic E-state index is -0.649. The Kier molecular flexibility index (Phi) is 5.19. The normalized spacial score (nSPS) is 16.0. The van der Waals surface area contributed by atoms with Crippen molar-refractivity contribution in [2.75, 3.05) is 5.75 Å². The van der Waals surface area contributed by atoms with E-state index >= 15 is 0 Å². The molecule has 11 heavy (non-hydrogen) atoms. The maximum atomic E-state index is 11.3. The molecule has 0 spiro atoms. The number of hydrogen-bond acceptors (Lipinski definition) is 2. The van der Waals surface area contributed by atoms with E-state index in [1.807, 2.05) is 20.8 Å². The number of hydrogen-bond donors (Lipinski definition) is 0. The molecule has 66 valence electrons. The maximum absolute atomic E-state index is 11.3. The smallest absolute Gasteiger partial charge is 0.163 e. The van der Waals surface area contributed by atoms with Gasteiger partial charge in [0.1, 0.15) is 4.21 Å². The fraction of sp³-hybridized carbons (Fsp3) is 0.875. The minimum absolute atomic E-state index is 0.147. The molecule has 0 bridgehead atoms. The van der Waals surface area contributed by atoms with E-state index in [1.54, 1.807) is 0 Å². The molecule has 0 aromatic rings. The molecular weight excluding hydrogens is 180 g/mol. The molecule has 0 heterocycles. The second-order valence-corrected chi connectivity index (χ2v) is 4.72. The highest BCUT2D eigenvalue weighted by Crippen LogP contribution is 2.35. The van der Waals surface area contributed by atoms with Crippen LogP contribution in [0, 0.1) is 0 Å². The third-order valence-corrected chi connectivity index (χ3v) is 3.63. The molecule has 0 aliphatic heterocycles. The predicted octanol–water partition coefficient (Wildman–Crippen LogP) is 3.06. The summed E-state index contributed by atoms with van der Waals surface area (Å²) in [6.07, 6.45) is 1.24. The zero-order valence-electron chi connectivity index (χ0n) is 7.32. The molecular formula is C8H15ClOS. The van der Waals surface area contributed by atoms with Crippen LogP contribution in [-0.4, -0.2) is 15.7 Å². The molecule has 0 aromatic heterocycles. The lowest BCUT2D eigenvalue weighted by Crippen LogP contribution is -2.27. The minimum Gasteiger partial charge on any atom is -0.297 e. The molecule has 0 aromatic carbocycles. The van der Waals surface area contributed by atoms with Gasteiger partial charge in [0.2, 0.25) is 0 Å². The third-order valence-electron chi connectivity index (χ3n) is 1.57. The van der Waals surface area contributed by atoms with Gasteiger partial charge in [0.15, 0.2) is 5.78 Å². The molecule has 0 saturated carbocycles. The van der Waals surface area contributed by atoms with E-state index in [1.165, 1.54) is 11.8 Å². The molecule has 1 atom stereocenters. The zero-order valence-corrected chi connectivity index (χ0v) is 8.89. The van der Waals surface area contributed by atoms with Crippen molar-refractivity contribution < 1.29 is 4.79 Å². The molecule has 0 N–H and O–H groups in total. The summed E-state index contributed by atoms with van der Waals surface area (Å²) in [5, 5.41) is 0. The Morgan fingerprint density at radius 1 is 1.45 bits per heavy atom. The maximum Gasteiger partial charge on any atom is 0.163 e. The summed E-state index contributed by atoms with van der Waals surface area (Å²) in [4.78, 5) is 11.3. The molecule has 3 heteroatoms. The third kappa shape index (κ3) is 3.04. The van der Waals surface area contributed by atoms with Crippen LogP contribution in [0.4, 0.5) is 0 Å². The van der Waals surface area contributed by atoms with Gasteiger partial charge >= 0.3 is 0 Å². The molecule has 0 rings (SSSR count). The number of thioether (sulfide) groups is 1. The van der Waals surface area contributed by atoms with Crippen molar-refractivity contribution in [2.45, 2.75) is 37.8 Å². The van der Waals surface area contributed by atoms with Crippen molar-refractivity contribution in [1.82, 2.24) is 0 Å². The van der Waals surface area contributed by atoms with Gasteiger partial charge in [-0.3, -0.25) is 4.79 Å². The standard InChI is InChI=1S/C8H15ClOS/c1-4-7(10)8(9,5-2)11-6-3/h4-6H2,1-3H3. The number of Topliss-reactive ketones (excluding diaryl/α,β-unsaturated/α-hetero) is 1. The first-order chi connectivity index (χ1) is 5.10. The lowest BCUT2D eigenvalue weighted by atomic mass is 10.2. The van der Waals surface area contributed by atoms with E-state index in [0.29, 0.717) is 12.8 Å². The summed E-state index contributed by atoms with van der Waals surface area (Å²) in [5.74, 6) is 1.04. The highest BCUT2D eigenvalue weighted by molar-refractivity contribution is 8.02. The topological polar surface area (TPSA) is 17.1 Å². The fourth-order valence-corrected chi connectivity index (χ4v) is 2.30. The summed E-state index contributed by atoms with van der Waals surface area (Å²) >= 11 is 7.62. The molecule has 0 fully saturated rings. The lowest BCUT2D eigenvalue weighted by Gasteiger charge is -2.21. The Morgan fingerprint density at radius 3 is 2.27 bits per heavy atom. The van der Waals surface area contributed by atoms with Gasteiger partial charge in [0, 0.05) is 6.42 Å². The predicted molar refractivity (Wildman–Crippen MR) is 52.3 cm³/mol. The van der Waals surface area contributed by atoms with Gasteiger partial charge in [-0.25, -0.2) is 0 Å². The van der Waals surface area contributed by atoms with E-state index in [4.69, 9.17) is 11.6 Å². The monoisotopic (exact) mass is 194 g/mol. The molecule has 0 aliphatic carbocycles. The van der Waals surface area contributed by atoms with Crippen molar-refractivity contribution in [1.29, 1.82) is 0 Å². The van der Waals surface area contributed by atoms with E-state index in [0.717, 1.165) is 5.75 Å². The Bertz CT molecular complexity index is 138. The van der Waals surface area contributed by atoms with Crippen LogP contribution in [0.3, 0.4) is 0 Å². The molecule has 0 saturated heterocycles. The van der Waals surface area contributed by atoms with Gasteiger partial charge in [-0.05, 0) is 12.2 Å². The SMILES string of the molecule is CCSC(Cl)(CC)C(=O)CC. The number of rotatable bonds is 5. The quantitative estimate of drug-likeness (QED) is 0.626.